The van der Waals surface area contributed by atoms with Crippen molar-refractivity contribution >= 4 is 52.9 Å². The Labute approximate surface area is 168 Å². The molecular formula is C19H20N6O2S. The van der Waals surface area contributed by atoms with Crippen LogP contribution in [0.2, 0.25) is 0 Å². The fourth-order valence-corrected chi connectivity index (χ4v) is 2.17. The highest BCUT2D eigenvalue weighted by atomic mass is 32.1. The number of anilines is 2. The van der Waals surface area contributed by atoms with E-state index in [0.717, 1.165) is 11.1 Å². The summed E-state index contributed by atoms with van der Waals surface area (Å²) in [5, 5.41) is 13.6. The van der Waals surface area contributed by atoms with Gasteiger partial charge >= 0.3 is 0 Å². The van der Waals surface area contributed by atoms with Crippen molar-refractivity contribution in [3.05, 3.63) is 59.7 Å². The molecule has 9 heteroatoms. The molecule has 2 rings (SSSR count). The topological polar surface area (TPSA) is 107 Å². The lowest BCUT2D eigenvalue weighted by Gasteiger charge is -2.03. The Morgan fingerprint density at radius 3 is 1.43 bits per heavy atom. The molecule has 0 fully saturated rings. The van der Waals surface area contributed by atoms with Gasteiger partial charge < -0.3 is 10.6 Å². The third-order valence-corrected chi connectivity index (χ3v) is 3.40. The van der Waals surface area contributed by atoms with E-state index in [-0.39, 0.29) is 16.9 Å². The second-order valence-electron chi connectivity index (χ2n) is 5.68. The van der Waals surface area contributed by atoms with Crippen LogP contribution in [0, 0.1) is 0 Å². The van der Waals surface area contributed by atoms with Crippen molar-refractivity contribution in [2.45, 2.75) is 13.8 Å². The number of nitrogens with one attached hydrogen (secondary N) is 4. The number of carbonyl (C=O) groups excluding carboxylic acids is 2. The summed E-state index contributed by atoms with van der Waals surface area (Å²) in [7, 11) is 0. The molecule has 0 atom stereocenters. The van der Waals surface area contributed by atoms with Crippen LogP contribution in [-0.2, 0) is 9.59 Å². The molecular weight excluding hydrogens is 376 g/mol. The van der Waals surface area contributed by atoms with Crippen molar-refractivity contribution in [1.82, 2.24) is 10.9 Å². The third kappa shape index (κ3) is 7.75. The highest BCUT2D eigenvalue weighted by Crippen LogP contribution is 2.08. The minimum absolute atomic E-state index is 0.122. The van der Waals surface area contributed by atoms with Crippen molar-refractivity contribution in [1.29, 1.82) is 0 Å². The van der Waals surface area contributed by atoms with E-state index in [1.807, 2.05) is 24.3 Å². The summed E-state index contributed by atoms with van der Waals surface area (Å²) in [6.07, 6.45) is 3.19. The Kier molecular flexibility index (Phi) is 7.79. The van der Waals surface area contributed by atoms with E-state index < -0.39 is 0 Å². The number of hydrogen-bond donors (Lipinski definition) is 4. The number of hydrazone groups is 2. The zero-order valence-corrected chi connectivity index (χ0v) is 16.2. The first kappa shape index (κ1) is 20.7. The van der Waals surface area contributed by atoms with Crippen LogP contribution in [0.15, 0.2) is 58.7 Å². The first-order chi connectivity index (χ1) is 13.4. The van der Waals surface area contributed by atoms with Crippen LogP contribution in [0.3, 0.4) is 0 Å². The van der Waals surface area contributed by atoms with Crippen LogP contribution in [0.1, 0.15) is 25.0 Å². The molecule has 0 spiro atoms. The van der Waals surface area contributed by atoms with Gasteiger partial charge in [-0.15, -0.1) is 0 Å². The normalized spacial score (nSPS) is 10.6. The fourth-order valence-electron chi connectivity index (χ4n) is 2.07. The smallest absolute Gasteiger partial charge is 0.221 e. The average molecular weight is 396 g/mol. The molecule has 0 radical (unpaired) electrons. The van der Waals surface area contributed by atoms with Crippen LogP contribution < -0.4 is 21.5 Å². The third-order valence-electron chi connectivity index (χ3n) is 3.22. The van der Waals surface area contributed by atoms with Crippen LogP contribution in [-0.4, -0.2) is 29.4 Å². The zero-order valence-electron chi connectivity index (χ0n) is 15.4. The number of carbonyl (C=O) groups is 2. The maximum absolute atomic E-state index is 11.0. The molecule has 0 saturated heterocycles. The highest BCUT2D eigenvalue weighted by molar-refractivity contribution is 7.80. The van der Waals surface area contributed by atoms with Crippen molar-refractivity contribution in [2.75, 3.05) is 10.6 Å². The largest absolute Gasteiger partial charge is 0.326 e. The lowest BCUT2D eigenvalue weighted by Crippen LogP contribution is -2.28. The van der Waals surface area contributed by atoms with Crippen molar-refractivity contribution in [3.8, 4) is 0 Å². The molecule has 8 nitrogen and oxygen atoms in total. The SMILES string of the molecule is CC(=O)Nc1ccc(/C=N/NC(=S)N/N=C/c2ccc(NC(C)=O)cc2)cc1. The van der Waals surface area contributed by atoms with Crippen LogP contribution in [0.4, 0.5) is 11.4 Å². The number of thiocarbonyl (C=S) groups is 1. The van der Waals surface area contributed by atoms with Crippen LogP contribution in [0.25, 0.3) is 0 Å². The molecule has 0 unspecified atom stereocenters. The molecule has 144 valence electrons. The fraction of sp³-hybridized carbons (Fsp3) is 0.105. The number of nitrogens with zero attached hydrogens (tertiary/aromatic N) is 2. The van der Waals surface area contributed by atoms with Crippen LogP contribution in [0.5, 0.6) is 0 Å². The molecule has 0 aliphatic rings. The van der Waals surface area contributed by atoms with E-state index in [0.29, 0.717) is 11.4 Å². The van der Waals surface area contributed by atoms with E-state index in [1.165, 1.54) is 13.8 Å². The maximum Gasteiger partial charge on any atom is 0.221 e. The molecule has 2 aromatic carbocycles. The number of rotatable bonds is 6. The van der Waals surface area contributed by atoms with Crippen molar-refractivity contribution < 1.29 is 9.59 Å². The first-order valence-electron chi connectivity index (χ1n) is 8.30. The Morgan fingerprint density at radius 1 is 0.750 bits per heavy atom. The molecule has 0 saturated carbocycles. The summed E-state index contributed by atoms with van der Waals surface area (Å²) in [4.78, 5) is 22.0. The second-order valence-corrected chi connectivity index (χ2v) is 6.08. The predicted octanol–water partition coefficient (Wildman–Crippen LogP) is 2.44. The van der Waals surface area contributed by atoms with Gasteiger partial charge in [0.25, 0.3) is 0 Å². The van der Waals surface area contributed by atoms with Gasteiger partial charge in [0.1, 0.15) is 0 Å². The van der Waals surface area contributed by atoms with E-state index in [1.54, 1.807) is 36.7 Å². The number of benzene rings is 2. The summed E-state index contributed by atoms with van der Waals surface area (Å²) in [6.45, 7) is 2.91. The summed E-state index contributed by atoms with van der Waals surface area (Å²) >= 11 is 5.08. The van der Waals surface area contributed by atoms with E-state index in [4.69, 9.17) is 12.2 Å². The molecule has 0 aliphatic carbocycles. The van der Waals surface area contributed by atoms with Gasteiger partial charge in [-0.1, -0.05) is 24.3 Å². The molecule has 2 amide bonds. The monoisotopic (exact) mass is 396 g/mol. The number of hydrogen-bond acceptors (Lipinski definition) is 5. The summed E-state index contributed by atoms with van der Waals surface area (Å²) in [5.41, 5.74) is 8.42. The van der Waals surface area contributed by atoms with E-state index >= 15 is 0 Å². The zero-order chi connectivity index (χ0) is 20.4. The van der Waals surface area contributed by atoms with Gasteiger partial charge in [-0.25, -0.2) is 0 Å². The molecule has 0 aliphatic heterocycles. The molecule has 4 N–H and O–H groups in total. The predicted molar refractivity (Wildman–Crippen MR) is 116 cm³/mol. The Hall–Kier alpha value is -3.59. The average Bonchev–Trinajstić information content (AvgIpc) is 2.64. The minimum Gasteiger partial charge on any atom is -0.326 e. The van der Waals surface area contributed by atoms with Gasteiger partial charge in [0.05, 0.1) is 12.4 Å². The molecule has 0 bridgehead atoms. The van der Waals surface area contributed by atoms with E-state index in [2.05, 4.69) is 31.7 Å². The Balaban J connectivity index is 1.77. The van der Waals surface area contributed by atoms with Crippen LogP contribution >= 0.6 is 12.2 Å². The first-order valence-corrected chi connectivity index (χ1v) is 8.70. The quantitative estimate of drug-likeness (QED) is 0.341. The lowest BCUT2D eigenvalue weighted by molar-refractivity contribution is -0.115. The van der Waals surface area contributed by atoms with E-state index in [9.17, 15) is 9.59 Å². The minimum atomic E-state index is -0.122. The van der Waals surface area contributed by atoms with Gasteiger partial charge in [-0.2, -0.15) is 10.2 Å². The molecule has 28 heavy (non-hydrogen) atoms. The molecule has 0 heterocycles. The lowest BCUT2D eigenvalue weighted by atomic mass is 10.2. The summed E-state index contributed by atoms with van der Waals surface area (Å²) in [5.74, 6) is -0.243. The van der Waals surface area contributed by atoms with Crippen molar-refractivity contribution in [2.24, 2.45) is 10.2 Å². The summed E-state index contributed by atoms with van der Waals surface area (Å²) in [6, 6.07) is 14.4. The van der Waals surface area contributed by atoms with Gasteiger partial charge in [0, 0.05) is 25.2 Å². The molecule has 2 aromatic rings. The standard InChI is InChI=1S/C19H20N6O2S/c1-13(26)22-17-7-3-15(4-8-17)11-20-24-19(28)25-21-12-16-5-9-18(10-6-16)23-14(2)27/h3-12H,1-2H3,(H,22,26)(H,23,27)(H2,24,25,28)/b20-11+,21-12+. The van der Waals surface area contributed by atoms with Crippen molar-refractivity contribution in [3.63, 3.8) is 0 Å². The Bertz CT molecular complexity index is 818. The highest BCUT2D eigenvalue weighted by Gasteiger charge is 1.96. The number of amides is 2. The van der Waals surface area contributed by atoms with Gasteiger partial charge in [0.2, 0.25) is 16.9 Å². The van der Waals surface area contributed by atoms with Gasteiger partial charge in [-0.3, -0.25) is 20.4 Å². The van der Waals surface area contributed by atoms with Gasteiger partial charge in [0.15, 0.2) is 0 Å². The summed E-state index contributed by atoms with van der Waals surface area (Å²) < 4.78 is 0. The second kappa shape index (κ2) is 10.5. The molecule has 0 aromatic heterocycles. The Morgan fingerprint density at radius 2 is 1.11 bits per heavy atom. The maximum atomic E-state index is 11.0. The van der Waals surface area contributed by atoms with Gasteiger partial charge in [-0.05, 0) is 47.6 Å².